The van der Waals surface area contributed by atoms with Gasteiger partial charge in [0, 0.05) is 22.8 Å². The van der Waals surface area contributed by atoms with E-state index in [-0.39, 0.29) is 17.1 Å². The van der Waals surface area contributed by atoms with E-state index in [0.29, 0.717) is 26.6 Å². The van der Waals surface area contributed by atoms with E-state index in [0.717, 1.165) is 29.5 Å². The number of carboxylic acids is 1. The molecule has 0 unspecified atom stereocenters. The third-order valence-corrected chi connectivity index (χ3v) is 7.86. The summed E-state index contributed by atoms with van der Waals surface area (Å²) in [5.41, 5.74) is 0.528. The van der Waals surface area contributed by atoms with Crippen LogP contribution in [0.25, 0.3) is 5.69 Å². The van der Waals surface area contributed by atoms with Gasteiger partial charge in [-0.2, -0.15) is 0 Å². The molecule has 198 valence electrons. The minimum atomic E-state index is -1.43. The second-order valence-electron chi connectivity index (χ2n) is 8.85. The summed E-state index contributed by atoms with van der Waals surface area (Å²) in [5.74, 6) is -4.12. The van der Waals surface area contributed by atoms with E-state index >= 15 is 0 Å². The lowest BCUT2D eigenvalue weighted by atomic mass is 9.81. The highest BCUT2D eigenvalue weighted by Crippen LogP contribution is 2.39. The molecule has 0 aliphatic carbocycles. The predicted molar refractivity (Wildman–Crippen MR) is 142 cm³/mol. The predicted octanol–water partition coefficient (Wildman–Crippen LogP) is 7.92. The molecule has 1 N–H and O–H groups in total. The van der Waals surface area contributed by atoms with Gasteiger partial charge in [-0.15, -0.1) is 0 Å². The Bertz CT molecular complexity index is 1520. The zero-order chi connectivity index (χ0) is 27.8. The van der Waals surface area contributed by atoms with E-state index in [1.165, 1.54) is 19.2 Å². The van der Waals surface area contributed by atoms with Crippen LogP contribution in [0.4, 0.5) is 13.2 Å². The number of aromatic carboxylic acids is 1. The fourth-order valence-electron chi connectivity index (χ4n) is 3.95. The maximum Gasteiger partial charge on any atom is 0.335 e. The van der Waals surface area contributed by atoms with Crippen LogP contribution in [0.5, 0.6) is 5.75 Å². The number of aromatic nitrogens is 2. The molecule has 0 aliphatic heterocycles. The first kappa shape index (κ1) is 27.9. The van der Waals surface area contributed by atoms with Crippen molar-refractivity contribution in [2.24, 2.45) is 0 Å². The van der Waals surface area contributed by atoms with E-state index in [4.69, 9.17) is 33.0 Å². The number of ether oxygens (including phenoxy) is 1. The third-order valence-electron chi connectivity index (χ3n) is 6.14. The molecule has 0 amide bonds. The summed E-state index contributed by atoms with van der Waals surface area (Å²) in [7, 11) is 1.35. The number of methoxy groups -OCH3 is 1. The van der Waals surface area contributed by atoms with Crippen LogP contribution in [0.1, 0.15) is 41.0 Å². The summed E-state index contributed by atoms with van der Waals surface area (Å²) in [5, 5.41) is 10.2. The number of rotatable bonds is 8. The van der Waals surface area contributed by atoms with Gasteiger partial charge < -0.3 is 9.84 Å². The number of hydrogen-bond acceptors (Lipinski definition) is 4. The van der Waals surface area contributed by atoms with Gasteiger partial charge in [0.2, 0.25) is 0 Å². The number of carboxylic acid groups (broad SMARTS) is 1. The van der Waals surface area contributed by atoms with Crippen LogP contribution < -0.4 is 4.74 Å². The highest BCUT2D eigenvalue weighted by atomic mass is 35.5. The van der Waals surface area contributed by atoms with Crippen molar-refractivity contribution < 1.29 is 27.8 Å². The first-order chi connectivity index (χ1) is 17.9. The summed E-state index contributed by atoms with van der Waals surface area (Å²) in [4.78, 5) is 15.6. The number of nitrogens with zero attached hydrogens (tertiary/aromatic N) is 2. The van der Waals surface area contributed by atoms with Crippen molar-refractivity contribution >= 4 is 40.9 Å². The van der Waals surface area contributed by atoms with Crippen molar-refractivity contribution in [1.82, 2.24) is 9.55 Å². The lowest BCUT2D eigenvalue weighted by molar-refractivity contribution is 0.0695. The van der Waals surface area contributed by atoms with Crippen LogP contribution in [-0.4, -0.2) is 27.7 Å². The summed E-state index contributed by atoms with van der Waals surface area (Å²) in [6.45, 7) is 3.89. The zero-order valence-electron chi connectivity index (χ0n) is 20.4. The van der Waals surface area contributed by atoms with Gasteiger partial charge in [-0.25, -0.2) is 22.9 Å². The van der Waals surface area contributed by atoms with Crippen molar-refractivity contribution in [1.29, 1.82) is 0 Å². The summed E-state index contributed by atoms with van der Waals surface area (Å²) < 4.78 is 50.3. The molecule has 0 radical (unpaired) electrons. The largest absolute Gasteiger partial charge is 0.494 e. The molecule has 0 aliphatic rings. The quantitative estimate of drug-likeness (QED) is 0.214. The zero-order valence-corrected chi connectivity index (χ0v) is 22.7. The fourth-order valence-corrected chi connectivity index (χ4v) is 5.26. The molecule has 5 nitrogen and oxygen atoms in total. The molecule has 0 spiro atoms. The van der Waals surface area contributed by atoms with Crippen molar-refractivity contribution in [3.63, 3.8) is 0 Å². The van der Waals surface area contributed by atoms with Crippen LogP contribution in [-0.2, 0) is 11.2 Å². The maximum atomic E-state index is 14.6. The van der Waals surface area contributed by atoms with Crippen molar-refractivity contribution in [3.8, 4) is 11.4 Å². The molecule has 4 aromatic rings. The third kappa shape index (κ3) is 5.36. The molecule has 0 saturated heterocycles. The standard InChI is InChI=1S/C27H21Cl2F3N2O3S/c1-27(2,15-4-6-18(28)19(29)10-15)24-12-33-26(34(24)16-5-7-20(30)23(11-16)37-3)38-13-17-21(31)8-14(25(35)36)9-22(17)32/h4-12H,13H2,1-3H3,(H,35,36). The number of halogens is 5. The molecular weight excluding hydrogens is 560 g/mol. The van der Waals surface area contributed by atoms with E-state index in [1.54, 1.807) is 29.0 Å². The maximum absolute atomic E-state index is 14.6. The van der Waals surface area contributed by atoms with Gasteiger partial charge in [0.1, 0.15) is 11.6 Å². The monoisotopic (exact) mass is 580 g/mol. The van der Waals surface area contributed by atoms with Gasteiger partial charge >= 0.3 is 5.97 Å². The summed E-state index contributed by atoms with van der Waals surface area (Å²) >= 11 is 13.4. The van der Waals surface area contributed by atoms with Crippen LogP contribution >= 0.6 is 35.0 Å². The number of carbonyl (C=O) groups is 1. The topological polar surface area (TPSA) is 64.4 Å². The number of imidazole rings is 1. The second kappa shape index (κ2) is 10.9. The van der Waals surface area contributed by atoms with Gasteiger partial charge in [0.15, 0.2) is 16.7 Å². The Morgan fingerprint density at radius 3 is 2.32 bits per heavy atom. The molecule has 0 fully saturated rings. The van der Waals surface area contributed by atoms with E-state index in [1.807, 2.05) is 19.9 Å². The Hall–Kier alpha value is -3.14. The van der Waals surface area contributed by atoms with Crippen molar-refractivity contribution in [2.45, 2.75) is 30.2 Å². The molecule has 0 bridgehead atoms. The Labute approximate surface area is 231 Å². The lowest BCUT2D eigenvalue weighted by Crippen LogP contribution is -2.23. The molecule has 0 atom stereocenters. The van der Waals surface area contributed by atoms with E-state index in [2.05, 4.69) is 4.98 Å². The minimum absolute atomic E-state index is 0.00629. The Kier molecular flexibility index (Phi) is 8.01. The molecule has 11 heteroatoms. The van der Waals surface area contributed by atoms with E-state index in [9.17, 15) is 18.0 Å². The smallest absolute Gasteiger partial charge is 0.335 e. The molecule has 0 saturated carbocycles. The van der Waals surface area contributed by atoms with Crippen LogP contribution in [0.3, 0.4) is 0 Å². The molecular formula is C27H21Cl2F3N2O3S. The molecule has 1 heterocycles. The second-order valence-corrected chi connectivity index (χ2v) is 10.6. The Balaban J connectivity index is 1.82. The van der Waals surface area contributed by atoms with E-state index < -0.39 is 34.4 Å². The van der Waals surface area contributed by atoms with Gasteiger partial charge in [-0.05, 0) is 42.0 Å². The summed E-state index contributed by atoms with van der Waals surface area (Å²) in [6.07, 6.45) is 1.63. The SMILES string of the molecule is COc1cc(-n2c(C(C)(C)c3ccc(Cl)c(Cl)c3)cnc2SCc2c(F)cc(C(=O)O)cc2F)ccc1F. The molecule has 4 rings (SSSR count). The average Bonchev–Trinajstić information content (AvgIpc) is 3.30. The Morgan fingerprint density at radius 1 is 1.03 bits per heavy atom. The Morgan fingerprint density at radius 2 is 1.71 bits per heavy atom. The fraction of sp³-hybridized carbons (Fsp3) is 0.185. The highest BCUT2D eigenvalue weighted by Gasteiger charge is 2.30. The number of thioether (sulfide) groups is 1. The minimum Gasteiger partial charge on any atom is -0.494 e. The van der Waals surface area contributed by atoms with Gasteiger partial charge in [-0.3, -0.25) is 4.57 Å². The molecule has 38 heavy (non-hydrogen) atoms. The van der Waals surface area contributed by atoms with Gasteiger partial charge in [0.25, 0.3) is 0 Å². The van der Waals surface area contributed by atoms with Crippen LogP contribution in [0.15, 0.2) is 59.9 Å². The number of benzene rings is 3. The van der Waals surface area contributed by atoms with Crippen molar-refractivity contribution in [3.05, 3.63) is 105 Å². The lowest BCUT2D eigenvalue weighted by Gasteiger charge is -2.28. The van der Waals surface area contributed by atoms with Crippen LogP contribution in [0.2, 0.25) is 10.0 Å². The first-order valence-corrected chi connectivity index (χ1v) is 12.9. The first-order valence-electron chi connectivity index (χ1n) is 11.2. The van der Waals surface area contributed by atoms with Crippen molar-refractivity contribution in [2.75, 3.05) is 7.11 Å². The van der Waals surface area contributed by atoms with Gasteiger partial charge in [0.05, 0.1) is 40.3 Å². The normalized spacial score (nSPS) is 11.6. The highest BCUT2D eigenvalue weighted by molar-refractivity contribution is 7.98. The average molecular weight is 581 g/mol. The molecule has 1 aromatic heterocycles. The summed E-state index contributed by atoms with van der Waals surface area (Å²) in [6, 6.07) is 11.1. The van der Waals surface area contributed by atoms with Gasteiger partial charge in [-0.1, -0.05) is 54.9 Å². The number of hydrogen-bond donors (Lipinski definition) is 1. The van der Waals surface area contributed by atoms with Crippen LogP contribution in [0, 0.1) is 17.5 Å². The molecule has 3 aromatic carbocycles.